The van der Waals surface area contributed by atoms with Crippen molar-refractivity contribution in [3.05, 3.63) is 47.0 Å². The molecule has 30 heavy (non-hydrogen) atoms. The van der Waals surface area contributed by atoms with E-state index in [1.807, 2.05) is 45.3 Å². The molecule has 6 nitrogen and oxygen atoms in total. The van der Waals surface area contributed by atoms with E-state index in [2.05, 4.69) is 4.90 Å². The standard InChI is InChI=1S/C22H26ClN3O3S/c1-15-16(23)10-11-19-21(15)24-22(30-19)26(13-7-12-25(2)3)20(27)14-29-18-9-6-5-8-17(18)28-4/h5-6,8-11H,7,12-14H2,1-4H3. The van der Waals surface area contributed by atoms with Crippen molar-refractivity contribution in [2.75, 3.05) is 45.8 Å². The van der Waals surface area contributed by atoms with Gasteiger partial charge in [-0.1, -0.05) is 35.1 Å². The quantitative estimate of drug-likeness (QED) is 0.478. The van der Waals surface area contributed by atoms with Crippen LogP contribution in [0.4, 0.5) is 5.13 Å². The van der Waals surface area contributed by atoms with Crippen LogP contribution in [0.3, 0.4) is 0 Å². The number of nitrogens with zero attached hydrogens (tertiary/aromatic N) is 3. The molecule has 0 unspecified atom stereocenters. The van der Waals surface area contributed by atoms with Crippen molar-refractivity contribution >= 4 is 44.2 Å². The molecule has 0 aliphatic rings. The summed E-state index contributed by atoms with van der Waals surface area (Å²) in [6, 6.07) is 11.1. The van der Waals surface area contributed by atoms with Gasteiger partial charge in [0.15, 0.2) is 23.2 Å². The van der Waals surface area contributed by atoms with Crippen LogP contribution in [-0.2, 0) is 4.79 Å². The molecule has 0 bridgehead atoms. The maximum absolute atomic E-state index is 13.1. The van der Waals surface area contributed by atoms with Crippen LogP contribution in [0, 0.1) is 6.92 Å². The van der Waals surface area contributed by atoms with Gasteiger partial charge in [-0.25, -0.2) is 4.98 Å². The van der Waals surface area contributed by atoms with Crippen LogP contribution in [0.25, 0.3) is 10.2 Å². The van der Waals surface area contributed by atoms with Crippen LogP contribution in [-0.4, -0.2) is 56.7 Å². The van der Waals surface area contributed by atoms with E-state index in [-0.39, 0.29) is 12.5 Å². The molecule has 1 heterocycles. The summed E-state index contributed by atoms with van der Waals surface area (Å²) >= 11 is 7.74. The number of methoxy groups -OCH3 is 1. The van der Waals surface area contributed by atoms with E-state index in [0.717, 1.165) is 28.7 Å². The molecule has 8 heteroatoms. The van der Waals surface area contributed by atoms with Crippen molar-refractivity contribution in [1.82, 2.24) is 9.88 Å². The molecular formula is C22H26ClN3O3S. The Bertz CT molecular complexity index is 1020. The number of para-hydroxylation sites is 2. The van der Waals surface area contributed by atoms with Crippen LogP contribution in [0.5, 0.6) is 11.5 Å². The minimum Gasteiger partial charge on any atom is -0.493 e. The smallest absolute Gasteiger partial charge is 0.266 e. The van der Waals surface area contributed by atoms with E-state index in [1.54, 1.807) is 24.1 Å². The molecule has 0 radical (unpaired) electrons. The van der Waals surface area contributed by atoms with Gasteiger partial charge in [-0.05, 0) is 63.8 Å². The number of amides is 1. The van der Waals surface area contributed by atoms with Gasteiger partial charge in [0, 0.05) is 11.6 Å². The van der Waals surface area contributed by atoms with Crippen LogP contribution < -0.4 is 14.4 Å². The fraction of sp³-hybridized carbons (Fsp3) is 0.364. The minimum absolute atomic E-state index is 0.0992. The maximum atomic E-state index is 13.1. The number of hydrogen-bond acceptors (Lipinski definition) is 6. The lowest BCUT2D eigenvalue weighted by atomic mass is 10.2. The van der Waals surface area contributed by atoms with E-state index in [9.17, 15) is 4.79 Å². The van der Waals surface area contributed by atoms with Gasteiger partial charge >= 0.3 is 0 Å². The number of thiazole rings is 1. The fourth-order valence-electron chi connectivity index (χ4n) is 3.03. The second-order valence-electron chi connectivity index (χ2n) is 7.16. The van der Waals surface area contributed by atoms with Crippen LogP contribution in [0.1, 0.15) is 12.0 Å². The van der Waals surface area contributed by atoms with E-state index in [4.69, 9.17) is 26.1 Å². The number of aromatic nitrogens is 1. The number of carbonyl (C=O) groups is 1. The van der Waals surface area contributed by atoms with E-state index >= 15 is 0 Å². The zero-order valence-corrected chi connectivity index (χ0v) is 19.2. The largest absolute Gasteiger partial charge is 0.493 e. The number of fused-ring (bicyclic) bond motifs is 1. The summed E-state index contributed by atoms with van der Waals surface area (Å²) in [5.41, 5.74) is 1.75. The Morgan fingerprint density at radius 3 is 2.57 bits per heavy atom. The highest BCUT2D eigenvalue weighted by molar-refractivity contribution is 7.22. The Hall–Kier alpha value is -2.35. The molecule has 2 aromatic carbocycles. The Morgan fingerprint density at radius 1 is 1.13 bits per heavy atom. The summed E-state index contributed by atoms with van der Waals surface area (Å²) < 4.78 is 12.1. The molecule has 0 spiro atoms. The van der Waals surface area contributed by atoms with Crippen molar-refractivity contribution in [2.24, 2.45) is 0 Å². The average Bonchev–Trinajstić information content (AvgIpc) is 3.16. The lowest BCUT2D eigenvalue weighted by Crippen LogP contribution is -2.36. The highest BCUT2D eigenvalue weighted by Crippen LogP contribution is 2.34. The summed E-state index contributed by atoms with van der Waals surface area (Å²) in [6.07, 6.45) is 0.822. The molecule has 0 aliphatic heterocycles. The van der Waals surface area contributed by atoms with Gasteiger partial charge in [-0.2, -0.15) is 0 Å². The van der Waals surface area contributed by atoms with Gasteiger partial charge in [0.2, 0.25) is 0 Å². The summed E-state index contributed by atoms with van der Waals surface area (Å²) in [5, 5.41) is 1.33. The van der Waals surface area contributed by atoms with Crippen molar-refractivity contribution in [1.29, 1.82) is 0 Å². The summed E-state index contributed by atoms with van der Waals surface area (Å²) in [7, 11) is 5.60. The molecule has 0 atom stereocenters. The highest BCUT2D eigenvalue weighted by atomic mass is 35.5. The monoisotopic (exact) mass is 447 g/mol. The average molecular weight is 448 g/mol. The van der Waals surface area contributed by atoms with E-state index in [0.29, 0.717) is 28.2 Å². The number of carbonyl (C=O) groups excluding carboxylic acids is 1. The third-order valence-corrected chi connectivity index (χ3v) is 6.13. The van der Waals surface area contributed by atoms with Crippen LogP contribution >= 0.6 is 22.9 Å². The first-order valence-electron chi connectivity index (χ1n) is 9.67. The second-order valence-corrected chi connectivity index (χ2v) is 8.57. The summed E-state index contributed by atoms with van der Waals surface area (Å²) in [4.78, 5) is 21.6. The minimum atomic E-state index is -0.150. The number of hydrogen-bond donors (Lipinski definition) is 0. The van der Waals surface area contributed by atoms with Crippen molar-refractivity contribution < 1.29 is 14.3 Å². The summed E-state index contributed by atoms with van der Waals surface area (Å²) in [6.45, 7) is 3.26. The third kappa shape index (κ3) is 5.22. The van der Waals surface area contributed by atoms with Crippen LogP contribution in [0.2, 0.25) is 5.02 Å². The Morgan fingerprint density at radius 2 is 1.87 bits per heavy atom. The van der Waals surface area contributed by atoms with Gasteiger partial charge in [-0.15, -0.1) is 0 Å². The Labute approximate surface area is 186 Å². The summed E-state index contributed by atoms with van der Waals surface area (Å²) in [5.74, 6) is 0.977. The van der Waals surface area contributed by atoms with Crippen LogP contribution in [0.15, 0.2) is 36.4 Å². The second kappa shape index (κ2) is 10.1. The fourth-order valence-corrected chi connectivity index (χ4v) is 4.25. The topological polar surface area (TPSA) is 54.9 Å². The number of ether oxygens (including phenoxy) is 2. The number of anilines is 1. The van der Waals surface area contributed by atoms with Gasteiger partial charge in [0.05, 0.1) is 17.3 Å². The van der Waals surface area contributed by atoms with Gasteiger partial charge in [-0.3, -0.25) is 9.69 Å². The first-order valence-corrected chi connectivity index (χ1v) is 10.9. The molecule has 1 aromatic heterocycles. The normalized spacial score (nSPS) is 11.1. The molecule has 1 amide bonds. The predicted molar refractivity (Wildman–Crippen MR) is 123 cm³/mol. The number of halogens is 1. The molecule has 0 aliphatic carbocycles. The van der Waals surface area contributed by atoms with Crippen molar-refractivity contribution in [3.63, 3.8) is 0 Å². The first-order chi connectivity index (χ1) is 14.4. The van der Waals surface area contributed by atoms with Gasteiger partial charge < -0.3 is 14.4 Å². The van der Waals surface area contributed by atoms with Gasteiger partial charge in [0.1, 0.15) is 0 Å². The lowest BCUT2D eigenvalue weighted by molar-refractivity contribution is -0.120. The zero-order valence-electron chi connectivity index (χ0n) is 17.6. The Balaban J connectivity index is 1.82. The zero-order chi connectivity index (χ0) is 21.7. The van der Waals surface area contributed by atoms with E-state index < -0.39 is 0 Å². The number of aryl methyl sites for hydroxylation is 1. The lowest BCUT2D eigenvalue weighted by Gasteiger charge is -2.21. The third-order valence-electron chi connectivity index (χ3n) is 4.68. The van der Waals surface area contributed by atoms with Gasteiger partial charge in [0.25, 0.3) is 5.91 Å². The number of rotatable bonds is 9. The first kappa shape index (κ1) is 22.3. The highest BCUT2D eigenvalue weighted by Gasteiger charge is 2.21. The molecule has 3 rings (SSSR count). The SMILES string of the molecule is COc1ccccc1OCC(=O)N(CCCN(C)C)c1nc2c(C)c(Cl)ccc2s1. The molecule has 3 aromatic rings. The molecule has 0 N–H and O–H groups in total. The molecular weight excluding hydrogens is 422 g/mol. The van der Waals surface area contributed by atoms with Crippen molar-refractivity contribution in [2.45, 2.75) is 13.3 Å². The molecule has 160 valence electrons. The number of benzene rings is 2. The molecule has 0 saturated carbocycles. The predicted octanol–water partition coefficient (Wildman–Crippen LogP) is 4.63. The maximum Gasteiger partial charge on any atom is 0.266 e. The van der Waals surface area contributed by atoms with Crippen molar-refractivity contribution in [3.8, 4) is 11.5 Å². The Kier molecular flexibility index (Phi) is 7.53. The molecule has 0 fully saturated rings. The molecule has 0 saturated heterocycles. The van der Waals surface area contributed by atoms with E-state index in [1.165, 1.54) is 11.3 Å².